The molecule has 1 heterocycles. The molecule has 0 amide bonds. The number of hydrogen-bond donors (Lipinski definition) is 1. The molecule has 0 bridgehead atoms. The summed E-state index contributed by atoms with van der Waals surface area (Å²) in [4.78, 5) is 0. The first-order valence-corrected chi connectivity index (χ1v) is 7.39. The van der Waals surface area contributed by atoms with Gasteiger partial charge in [0.15, 0.2) is 0 Å². The van der Waals surface area contributed by atoms with Gasteiger partial charge in [0.2, 0.25) is 0 Å². The molecule has 1 heteroatoms. The van der Waals surface area contributed by atoms with Crippen LogP contribution in [-0.2, 0) is 0 Å². The molecule has 1 fully saturated rings. The second-order valence-electron chi connectivity index (χ2n) is 6.23. The van der Waals surface area contributed by atoms with Crippen LogP contribution >= 0.6 is 0 Å². The monoisotopic (exact) mass is 225 g/mol. The summed E-state index contributed by atoms with van der Waals surface area (Å²) in [5.41, 5.74) is 0.400. The number of piperidine rings is 1. The minimum absolute atomic E-state index is 0.400. The Morgan fingerprint density at radius 1 is 1.06 bits per heavy atom. The van der Waals surface area contributed by atoms with Gasteiger partial charge in [-0.2, -0.15) is 0 Å². The van der Waals surface area contributed by atoms with Crippen molar-refractivity contribution >= 4 is 0 Å². The van der Waals surface area contributed by atoms with Crippen molar-refractivity contribution < 1.29 is 0 Å². The highest BCUT2D eigenvalue weighted by atomic mass is 15.0. The Morgan fingerprint density at radius 2 is 1.75 bits per heavy atom. The van der Waals surface area contributed by atoms with E-state index in [1.165, 1.54) is 64.3 Å². The normalized spacial score (nSPS) is 24.6. The van der Waals surface area contributed by atoms with Gasteiger partial charge in [0.1, 0.15) is 0 Å². The van der Waals surface area contributed by atoms with E-state index in [2.05, 4.69) is 26.1 Å². The van der Waals surface area contributed by atoms with E-state index in [4.69, 9.17) is 0 Å². The number of hydrogen-bond acceptors (Lipinski definition) is 1. The van der Waals surface area contributed by atoms with E-state index in [9.17, 15) is 0 Å². The van der Waals surface area contributed by atoms with Crippen LogP contribution in [0.3, 0.4) is 0 Å². The van der Waals surface area contributed by atoms with Gasteiger partial charge in [-0.3, -0.25) is 0 Å². The summed E-state index contributed by atoms with van der Waals surface area (Å²) < 4.78 is 0. The van der Waals surface area contributed by atoms with Crippen molar-refractivity contribution in [2.24, 2.45) is 5.92 Å². The first-order chi connectivity index (χ1) is 7.64. The number of rotatable bonds is 7. The zero-order valence-corrected chi connectivity index (χ0v) is 11.6. The van der Waals surface area contributed by atoms with Crippen LogP contribution < -0.4 is 5.32 Å². The molecule has 1 saturated heterocycles. The molecule has 16 heavy (non-hydrogen) atoms. The molecule has 0 aromatic heterocycles. The summed E-state index contributed by atoms with van der Waals surface area (Å²) in [6.07, 6.45) is 12.9. The lowest BCUT2D eigenvalue weighted by Gasteiger charge is -2.35. The fraction of sp³-hybridized carbons (Fsp3) is 1.00. The maximum atomic E-state index is 3.67. The van der Waals surface area contributed by atoms with E-state index in [0.717, 1.165) is 5.92 Å². The standard InChI is InChI=1S/C15H31N/c1-4-5-6-7-8-9-10-14-11-12-15(2,3)16-13-14/h14,16H,4-13H2,1-3H3/t14-/m0/s1. The Labute approximate surface area is 102 Å². The summed E-state index contributed by atoms with van der Waals surface area (Å²) in [6.45, 7) is 8.19. The molecule has 0 spiro atoms. The van der Waals surface area contributed by atoms with Gasteiger partial charge in [-0.05, 0) is 45.6 Å². The van der Waals surface area contributed by atoms with Crippen molar-refractivity contribution in [1.82, 2.24) is 5.32 Å². The molecule has 1 atom stereocenters. The first-order valence-electron chi connectivity index (χ1n) is 7.39. The van der Waals surface area contributed by atoms with Crippen molar-refractivity contribution in [2.45, 2.75) is 84.1 Å². The second kappa shape index (κ2) is 7.32. The zero-order valence-electron chi connectivity index (χ0n) is 11.6. The maximum absolute atomic E-state index is 3.67. The highest BCUT2D eigenvalue weighted by molar-refractivity contribution is 4.84. The fourth-order valence-corrected chi connectivity index (χ4v) is 2.64. The Hall–Kier alpha value is -0.0400. The SMILES string of the molecule is CCCCCCCC[C@H]1CCC(C)(C)NC1. The molecular weight excluding hydrogens is 194 g/mol. The molecule has 0 aromatic rings. The molecule has 0 aromatic carbocycles. The molecule has 1 rings (SSSR count). The molecule has 0 radical (unpaired) electrons. The Balaban J connectivity index is 1.94. The molecule has 96 valence electrons. The van der Waals surface area contributed by atoms with Gasteiger partial charge in [-0.1, -0.05) is 45.4 Å². The van der Waals surface area contributed by atoms with Gasteiger partial charge in [0.05, 0.1) is 0 Å². The highest BCUT2D eigenvalue weighted by Gasteiger charge is 2.25. The summed E-state index contributed by atoms with van der Waals surface area (Å²) in [6, 6.07) is 0. The largest absolute Gasteiger partial charge is 0.312 e. The number of nitrogens with one attached hydrogen (secondary N) is 1. The van der Waals surface area contributed by atoms with Crippen molar-refractivity contribution in [1.29, 1.82) is 0 Å². The van der Waals surface area contributed by atoms with Gasteiger partial charge in [0, 0.05) is 5.54 Å². The molecular formula is C15H31N. The van der Waals surface area contributed by atoms with Crippen LogP contribution in [0.1, 0.15) is 78.6 Å². The van der Waals surface area contributed by atoms with Crippen molar-refractivity contribution in [3.05, 3.63) is 0 Å². The molecule has 1 aliphatic heterocycles. The maximum Gasteiger partial charge on any atom is 0.0125 e. The Bertz CT molecular complexity index is 164. The van der Waals surface area contributed by atoms with Crippen molar-refractivity contribution in [3.8, 4) is 0 Å². The Morgan fingerprint density at radius 3 is 2.38 bits per heavy atom. The molecule has 0 aliphatic carbocycles. The van der Waals surface area contributed by atoms with Crippen molar-refractivity contribution in [3.63, 3.8) is 0 Å². The predicted molar refractivity (Wildman–Crippen MR) is 72.8 cm³/mol. The third-order valence-corrected chi connectivity index (χ3v) is 4.01. The summed E-state index contributed by atoms with van der Waals surface area (Å²) >= 11 is 0. The molecule has 1 aliphatic rings. The Kier molecular flexibility index (Phi) is 6.41. The molecule has 0 saturated carbocycles. The third kappa shape index (κ3) is 5.89. The number of unbranched alkanes of at least 4 members (excludes halogenated alkanes) is 5. The van der Waals surface area contributed by atoms with Crippen LogP contribution in [0.4, 0.5) is 0 Å². The molecule has 1 N–H and O–H groups in total. The first kappa shape index (κ1) is 14.0. The lowest BCUT2D eigenvalue weighted by Crippen LogP contribution is -2.46. The quantitative estimate of drug-likeness (QED) is 0.628. The van der Waals surface area contributed by atoms with Crippen molar-refractivity contribution in [2.75, 3.05) is 6.54 Å². The lowest BCUT2D eigenvalue weighted by molar-refractivity contribution is 0.230. The van der Waals surface area contributed by atoms with Gasteiger partial charge < -0.3 is 5.32 Å². The van der Waals surface area contributed by atoms with E-state index in [-0.39, 0.29) is 0 Å². The van der Waals surface area contributed by atoms with E-state index in [1.807, 2.05) is 0 Å². The summed E-state index contributed by atoms with van der Waals surface area (Å²) in [7, 11) is 0. The van der Waals surface area contributed by atoms with Crippen LogP contribution in [0, 0.1) is 5.92 Å². The average molecular weight is 225 g/mol. The topological polar surface area (TPSA) is 12.0 Å². The van der Waals surface area contributed by atoms with E-state index in [1.54, 1.807) is 0 Å². The van der Waals surface area contributed by atoms with E-state index < -0.39 is 0 Å². The minimum Gasteiger partial charge on any atom is -0.312 e. The van der Waals surface area contributed by atoms with Gasteiger partial charge in [0.25, 0.3) is 0 Å². The van der Waals surface area contributed by atoms with E-state index in [0.29, 0.717) is 5.54 Å². The molecule has 1 nitrogen and oxygen atoms in total. The van der Waals surface area contributed by atoms with Crippen LogP contribution in [-0.4, -0.2) is 12.1 Å². The third-order valence-electron chi connectivity index (χ3n) is 4.01. The smallest absolute Gasteiger partial charge is 0.0125 e. The fourth-order valence-electron chi connectivity index (χ4n) is 2.64. The summed E-state index contributed by atoms with van der Waals surface area (Å²) in [5.74, 6) is 0.958. The lowest BCUT2D eigenvalue weighted by atomic mass is 9.84. The minimum atomic E-state index is 0.400. The molecule has 0 unspecified atom stereocenters. The van der Waals surface area contributed by atoms with Gasteiger partial charge in [-0.25, -0.2) is 0 Å². The second-order valence-corrected chi connectivity index (χ2v) is 6.23. The predicted octanol–water partition coefficient (Wildman–Crippen LogP) is 4.52. The van der Waals surface area contributed by atoms with E-state index >= 15 is 0 Å². The van der Waals surface area contributed by atoms with Gasteiger partial charge >= 0.3 is 0 Å². The zero-order chi connectivity index (χ0) is 11.9. The van der Waals surface area contributed by atoms with Crippen LogP contribution in [0.15, 0.2) is 0 Å². The van der Waals surface area contributed by atoms with Crippen LogP contribution in [0.5, 0.6) is 0 Å². The van der Waals surface area contributed by atoms with Crippen LogP contribution in [0.2, 0.25) is 0 Å². The van der Waals surface area contributed by atoms with Crippen LogP contribution in [0.25, 0.3) is 0 Å². The highest BCUT2D eigenvalue weighted by Crippen LogP contribution is 2.25. The summed E-state index contributed by atoms with van der Waals surface area (Å²) in [5, 5.41) is 3.67. The van der Waals surface area contributed by atoms with Gasteiger partial charge in [-0.15, -0.1) is 0 Å². The average Bonchev–Trinajstić information content (AvgIpc) is 2.25.